The Morgan fingerprint density at radius 2 is 2.15 bits per heavy atom. The van der Waals surface area contributed by atoms with E-state index in [0.29, 0.717) is 0 Å². The molecule has 0 spiro atoms. The lowest BCUT2D eigenvalue weighted by Crippen LogP contribution is -2.38. The molecule has 2 N–H and O–H groups in total. The molecule has 150 valence electrons. The smallest absolute Gasteiger partial charge is 0.194 e. The van der Waals surface area contributed by atoms with Gasteiger partial charge in [0.15, 0.2) is 5.96 Å². The number of pyridine rings is 1. The number of rotatable bonds is 9. The fourth-order valence-electron chi connectivity index (χ4n) is 2.62. The van der Waals surface area contributed by atoms with Crippen LogP contribution in [0.1, 0.15) is 25.5 Å². The number of nitrogens with one attached hydrogen (secondary N) is 2. The van der Waals surface area contributed by atoms with E-state index in [2.05, 4.69) is 27.4 Å². The van der Waals surface area contributed by atoms with Crippen LogP contribution in [0.15, 0.2) is 41.7 Å². The van der Waals surface area contributed by atoms with Gasteiger partial charge in [0.2, 0.25) is 0 Å². The molecule has 0 aliphatic rings. The second-order valence-corrected chi connectivity index (χ2v) is 6.64. The molecular formula is C19H30ClIN6. The first-order chi connectivity index (χ1) is 12.6. The molecule has 0 amide bonds. The Bertz CT molecular complexity index is 689. The van der Waals surface area contributed by atoms with Crippen LogP contribution in [0.25, 0.3) is 0 Å². The molecule has 2 aromatic rings. The van der Waals surface area contributed by atoms with Crippen LogP contribution in [0.5, 0.6) is 0 Å². The highest BCUT2D eigenvalue weighted by atomic mass is 127. The van der Waals surface area contributed by atoms with Crippen molar-refractivity contribution in [1.82, 2.24) is 19.8 Å². The maximum absolute atomic E-state index is 6.07. The Morgan fingerprint density at radius 3 is 2.78 bits per heavy atom. The first-order valence-electron chi connectivity index (χ1n) is 9.05. The minimum Gasteiger partial charge on any atom is -0.370 e. The zero-order valence-electron chi connectivity index (χ0n) is 16.3. The molecule has 6 nitrogen and oxygen atoms in total. The molecule has 0 aliphatic heterocycles. The molecule has 2 rings (SSSR count). The molecule has 0 bridgehead atoms. The predicted molar refractivity (Wildman–Crippen MR) is 125 cm³/mol. The van der Waals surface area contributed by atoms with Gasteiger partial charge in [0, 0.05) is 51.8 Å². The molecule has 8 heteroatoms. The largest absolute Gasteiger partial charge is 0.370 e. The number of aromatic nitrogens is 2. The highest BCUT2D eigenvalue weighted by Gasteiger charge is 2.09. The molecule has 0 saturated carbocycles. The lowest BCUT2D eigenvalue weighted by Gasteiger charge is -2.22. The first-order valence-corrected chi connectivity index (χ1v) is 9.43. The number of hydrogen-bond acceptors (Lipinski definition) is 3. The molecule has 0 atom stereocenters. The fourth-order valence-corrected chi connectivity index (χ4v) is 2.89. The average Bonchev–Trinajstić information content (AvgIpc) is 2.94. The fraction of sp³-hybridized carbons (Fsp3) is 0.474. The quantitative estimate of drug-likeness (QED) is 0.235. The van der Waals surface area contributed by atoms with Crippen molar-refractivity contribution in [2.45, 2.75) is 26.3 Å². The van der Waals surface area contributed by atoms with E-state index in [9.17, 15) is 0 Å². The normalized spacial score (nSPS) is 11.0. The number of unbranched alkanes of at least 4 members (excludes halogenated alkanes) is 1. The van der Waals surface area contributed by atoms with Gasteiger partial charge in [-0.05, 0) is 38.0 Å². The van der Waals surface area contributed by atoms with Crippen molar-refractivity contribution in [2.75, 3.05) is 32.0 Å². The summed E-state index contributed by atoms with van der Waals surface area (Å²) < 4.78 is 2.05. The first kappa shape index (κ1) is 23.6. The number of anilines is 1. The van der Waals surface area contributed by atoms with Gasteiger partial charge in [0.1, 0.15) is 5.82 Å². The summed E-state index contributed by atoms with van der Waals surface area (Å²) in [6.45, 7) is 5.39. The summed E-state index contributed by atoms with van der Waals surface area (Å²) in [5.74, 6) is 1.84. The standard InChI is InChI=1S/C19H29ClN6.HI/c1-4-21-19(26(3)15-17-13-16(20)14-25(17)2)24-12-8-7-11-23-18-9-5-6-10-22-18;/h5-6,9-10,13-14H,4,7-8,11-12,15H2,1-3H3,(H,21,24)(H,22,23);1H. The topological polar surface area (TPSA) is 57.5 Å². The summed E-state index contributed by atoms with van der Waals surface area (Å²) in [5.41, 5.74) is 1.16. The van der Waals surface area contributed by atoms with Crippen LogP contribution >= 0.6 is 35.6 Å². The minimum absolute atomic E-state index is 0. The lowest BCUT2D eigenvalue weighted by atomic mass is 10.3. The highest BCUT2D eigenvalue weighted by molar-refractivity contribution is 14.0. The maximum Gasteiger partial charge on any atom is 0.194 e. The van der Waals surface area contributed by atoms with Crippen molar-refractivity contribution in [3.63, 3.8) is 0 Å². The maximum atomic E-state index is 6.07. The van der Waals surface area contributed by atoms with E-state index in [1.165, 1.54) is 0 Å². The van der Waals surface area contributed by atoms with Crippen molar-refractivity contribution in [3.05, 3.63) is 47.4 Å². The van der Waals surface area contributed by atoms with Gasteiger partial charge in [-0.3, -0.25) is 4.99 Å². The van der Waals surface area contributed by atoms with Crippen LogP contribution in [0, 0.1) is 0 Å². The van der Waals surface area contributed by atoms with E-state index in [1.54, 1.807) is 6.20 Å². The van der Waals surface area contributed by atoms with Gasteiger partial charge in [-0.15, -0.1) is 24.0 Å². The van der Waals surface area contributed by atoms with E-state index >= 15 is 0 Å². The summed E-state index contributed by atoms with van der Waals surface area (Å²) in [6, 6.07) is 7.87. The molecule has 0 aliphatic carbocycles. The molecule has 0 unspecified atom stereocenters. The molecule has 0 aromatic carbocycles. The number of guanidine groups is 1. The molecule has 0 saturated heterocycles. The van der Waals surface area contributed by atoms with E-state index in [1.807, 2.05) is 49.1 Å². The lowest BCUT2D eigenvalue weighted by molar-refractivity contribution is 0.461. The number of nitrogens with zero attached hydrogens (tertiary/aromatic N) is 4. The highest BCUT2D eigenvalue weighted by Crippen LogP contribution is 2.14. The monoisotopic (exact) mass is 504 g/mol. The van der Waals surface area contributed by atoms with Gasteiger partial charge in [-0.1, -0.05) is 17.7 Å². The van der Waals surface area contributed by atoms with Crippen molar-refractivity contribution < 1.29 is 0 Å². The second-order valence-electron chi connectivity index (χ2n) is 6.20. The third-order valence-electron chi connectivity index (χ3n) is 3.99. The van der Waals surface area contributed by atoms with Crippen molar-refractivity contribution in [3.8, 4) is 0 Å². The Balaban J connectivity index is 0.00000364. The van der Waals surface area contributed by atoms with Crippen molar-refractivity contribution in [1.29, 1.82) is 0 Å². The van der Waals surface area contributed by atoms with Crippen molar-refractivity contribution in [2.24, 2.45) is 12.0 Å². The summed E-state index contributed by atoms with van der Waals surface area (Å²) >= 11 is 6.07. The summed E-state index contributed by atoms with van der Waals surface area (Å²) in [5, 5.41) is 7.44. The average molecular weight is 505 g/mol. The summed E-state index contributed by atoms with van der Waals surface area (Å²) in [6.07, 6.45) is 5.80. The number of aliphatic imine (C=N–C) groups is 1. The molecule has 27 heavy (non-hydrogen) atoms. The van der Waals surface area contributed by atoms with Crippen LogP contribution in [0.2, 0.25) is 5.02 Å². The Labute approximate surface area is 184 Å². The third kappa shape index (κ3) is 8.38. The Morgan fingerprint density at radius 1 is 1.33 bits per heavy atom. The molecule has 2 aromatic heterocycles. The Hall–Kier alpha value is -1.48. The van der Waals surface area contributed by atoms with Crippen LogP contribution in [0.3, 0.4) is 0 Å². The SMILES string of the molecule is CCNC(=NCCCCNc1ccccn1)N(C)Cc1cc(Cl)cn1C.I. The van der Waals surface area contributed by atoms with Crippen LogP contribution < -0.4 is 10.6 Å². The number of halogens is 2. The molecule has 0 fully saturated rings. The zero-order chi connectivity index (χ0) is 18.8. The van der Waals surface area contributed by atoms with Crippen LogP contribution in [-0.4, -0.2) is 47.1 Å². The summed E-state index contributed by atoms with van der Waals surface area (Å²) in [7, 11) is 4.05. The van der Waals surface area contributed by atoms with E-state index in [-0.39, 0.29) is 24.0 Å². The second kappa shape index (κ2) is 12.8. The minimum atomic E-state index is 0. The molecule has 2 heterocycles. The number of hydrogen-bond donors (Lipinski definition) is 2. The zero-order valence-corrected chi connectivity index (χ0v) is 19.4. The molecular weight excluding hydrogens is 475 g/mol. The van der Waals surface area contributed by atoms with E-state index < -0.39 is 0 Å². The van der Waals surface area contributed by atoms with Gasteiger partial charge in [0.25, 0.3) is 0 Å². The predicted octanol–water partition coefficient (Wildman–Crippen LogP) is 3.98. The van der Waals surface area contributed by atoms with E-state index in [4.69, 9.17) is 16.6 Å². The van der Waals surface area contributed by atoms with Gasteiger partial charge < -0.3 is 20.1 Å². The van der Waals surface area contributed by atoms with Gasteiger partial charge in [-0.25, -0.2) is 4.98 Å². The third-order valence-corrected chi connectivity index (χ3v) is 4.19. The van der Waals surface area contributed by atoms with Crippen LogP contribution in [0.4, 0.5) is 5.82 Å². The van der Waals surface area contributed by atoms with Crippen LogP contribution in [-0.2, 0) is 13.6 Å². The van der Waals surface area contributed by atoms with Gasteiger partial charge >= 0.3 is 0 Å². The molecule has 0 radical (unpaired) electrons. The van der Waals surface area contributed by atoms with E-state index in [0.717, 1.165) is 61.5 Å². The van der Waals surface area contributed by atoms with Crippen molar-refractivity contribution >= 4 is 47.4 Å². The van der Waals surface area contributed by atoms with Gasteiger partial charge in [0.05, 0.1) is 11.6 Å². The number of aryl methyl sites for hydroxylation is 1. The Kier molecular flexibility index (Phi) is 11.2. The summed E-state index contributed by atoms with van der Waals surface area (Å²) in [4.78, 5) is 11.1. The van der Waals surface area contributed by atoms with Gasteiger partial charge in [-0.2, -0.15) is 0 Å².